The lowest BCUT2D eigenvalue weighted by molar-refractivity contribution is -0.120. The number of amides is 2. The van der Waals surface area contributed by atoms with Crippen LogP contribution in [0.4, 0.5) is 11.4 Å². The van der Waals surface area contributed by atoms with Crippen molar-refractivity contribution in [3.05, 3.63) is 94.2 Å². The molecule has 0 fully saturated rings. The Kier molecular flexibility index (Phi) is 5.57. The Morgan fingerprint density at radius 1 is 0.781 bits per heavy atom. The van der Waals surface area contributed by atoms with Crippen LogP contribution in [0.2, 0.25) is 0 Å². The largest absolute Gasteiger partial charge is 0.496 e. The van der Waals surface area contributed by atoms with Gasteiger partial charge in [-0.1, -0.05) is 42.0 Å². The third-order valence-electron chi connectivity index (χ3n) is 5.54. The van der Waals surface area contributed by atoms with Crippen LogP contribution in [0, 0.1) is 27.7 Å². The molecule has 162 valence electrons. The van der Waals surface area contributed by atoms with Crippen LogP contribution in [0.3, 0.4) is 0 Å². The van der Waals surface area contributed by atoms with Gasteiger partial charge in [0.1, 0.15) is 11.4 Å². The van der Waals surface area contributed by atoms with Gasteiger partial charge in [-0.15, -0.1) is 0 Å². The zero-order valence-corrected chi connectivity index (χ0v) is 18.9. The van der Waals surface area contributed by atoms with Crippen molar-refractivity contribution in [2.45, 2.75) is 27.7 Å². The molecule has 0 aliphatic carbocycles. The van der Waals surface area contributed by atoms with Gasteiger partial charge in [0.25, 0.3) is 11.8 Å². The van der Waals surface area contributed by atoms with Gasteiger partial charge >= 0.3 is 0 Å². The second-order valence-electron chi connectivity index (χ2n) is 8.19. The van der Waals surface area contributed by atoms with Crippen molar-refractivity contribution >= 4 is 28.8 Å². The summed E-state index contributed by atoms with van der Waals surface area (Å²) < 4.78 is 5.51. The molecule has 1 aliphatic heterocycles. The number of carbonyl (C=O) groups excluding carboxylic acids is 2. The minimum atomic E-state index is -0.387. The molecule has 0 radical (unpaired) electrons. The third kappa shape index (κ3) is 3.78. The van der Waals surface area contributed by atoms with Crippen molar-refractivity contribution in [3.63, 3.8) is 0 Å². The molecule has 32 heavy (non-hydrogen) atoms. The quantitative estimate of drug-likeness (QED) is 0.561. The Labute approximate surface area is 188 Å². The molecule has 3 aromatic rings. The Morgan fingerprint density at radius 3 is 2.12 bits per heavy atom. The molecule has 0 atom stereocenters. The van der Waals surface area contributed by atoms with E-state index in [-0.39, 0.29) is 17.5 Å². The molecule has 0 saturated heterocycles. The predicted octanol–water partition coefficient (Wildman–Crippen LogP) is 5.33. The summed E-state index contributed by atoms with van der Waals surface area (Å²) >= 11 is 0. The van der Waals surface area contributed by atoms with Crippen molar-refractivity contribution in [3.8, 4) is 5.75 Å². The number of nitrogens with zero attached hydrogens (tertiary/aromatic N) is 1. The maximum Gasteiger partial charge on any atom is 0.282 e. The van der Waals surface area contributed by atoms with E-state index in [0.29, 0.717) is 22.6 Å². The van der Waals surface area contributed by atoms with E-state index in [4.69, 9.17) is 4.74 Å². The van der Waals surface area contributed by atoms with Crippen LogP contribution in [0.1, 0.15) is 27.8 Å². The van der Waals surface area contributed by atoms with Crippen LogP contribution in [-0.2, 0) is 9.59 Å². The van der Waals surface area contributed by atoms with Gasteiger partial charge in [0.05, 0.1) is 18.4 Å². The van der Waals surface area contributed by atoms with Gasteiger partial charge in [0, 0.05) is 11.3 Å². The van der Waals surface area contributed by atoms with Gasteiger partial charge < -0.3 is 10.1 Å². The number of methoxy groups -OCH3 is 1. The van der Waals surface area contributed by atoms with Crippen molar-refractivity contribution < 1.29 is 14.3 Å². The number of anilines is 2. The highest BCUT2D eigenvalue weighted by atomic mass is 16.5. The van der Waals surface area contributed by atoms with Gasteiger partial charge in [-0.25, -0.2) is 4.90 Å². The Morgan fingerprint density at radius 2 is 1.47 bits per heavy atom. The van der Waals surface area contributed by atoms with Crippen molar-refractivity contribution in [1.29, 1.82) is 0 Å². The van der Waals surface area contributed by atoms with Crippen LogP contribution in [0.5, 0.6) is 5.75 Å². The first-order chi connectivity index (χ1) is 15.3. The van der Waals surface area contributed by atoms with E-state index >= 15 is 0 Å². The van der Waals surface area contributed by atoms with Crippen molar-refractivity contribution in [2.75, 3.05) is 17.3 Å². The molecule has 5 nitrogen and oxygen atoms in total. The third-order valence-corrected chi connectivity index (χ3v) is 5.54. The van der Waals surface area contributed by atoms with E-state index < -0.39 is 0 Å². The number of nitrogens with one attached hydrogen (secondary N) is 1. The smallest absolute Gasteiger partial charge is 0.282 e. The normalized spacial score (nSPS) is 13.7. The van der Waals surface area contributed by atoms with E-state index in [1.165, 1.54) is 4.90 Å². The molecule has 0 aromatic heterocycles. The molecule has 0 unspecified atom stereocenters. The van der Waals surface area contributed by atoms with Crippen LogP contribution in [0.25, 0.3) is 5.57 Å². The average Bonchev–Trinajstić information content (AvgIpc) is 2.97. The SMILES string of the molecule is COc1ccccc1C1=C(Nc2cc(C)cc(C)c2)C(=O)N(c2ccc(C)cc2C)C1=O. The number of hydrogen-bond acceptors (Lipinski definition) is 4. The summed E-state index contributed by atoms with van der Waals surface area (Å²) in [5, 5.41) is 3.25. The second-order valence-corrected chi connectivity index (χ2v) is 8.19. The van der Waals surface area contributed by atoms with Crippen molar-refractivity contribution in [1.82, 2.24) is 0 Å². The van der Waals surface area contributed by atoms with Gasteiger partial charge in [-0.2, -0.15) is 0 Å². The van der Waals surface area contributed by atoms with Gasteiger partial charge in [-0.05, 0) is 68.7 Å². The maximum absolute atomic E-state index is 13.7. The number of para-hydroxylation sites is 1. The van der Waals surface area contributed by atoms with Gasteiger partial charge in [0.15, 0.2) is 0 Å². The Balaban J connectivity index is 1.89. The van der Waals surface area contributed by atoms with E-state index in [2.05, 4.69) is 11.4 Å². The van der Waals surface area contributed by atoms with Crippen LogP contribution < -0.4 is 15.0 Å². The molecule has 2 amide bonds. The molecule has 0 bridgehead atoms. The van der Waals surface area contributed by atoms with E-state index in [1.807, 2.05) is 70.2 Å². The average molecular weight is 427 g/mol. The number of ether oxygens (including phenoxy) is 1. The highest BCUT2D eigenvalue weighted by Gasteiger charge is 2.41. The zero-order valence-electron chi connectivity index (χ0n) is 18.9. The molecule has 4 rings (SSSR count). The molecule has 3 aromatic carbocycles. The highest BCUT2D eigenvalue weighted by molar-refractivity contribution is 6.46. The fourth-order valence-electron chi connectivity index (χ4n) is 4.21. The first kappa shape index (κ1) is 21.4. The Bertz CT molecular complexity index is 1250. The summed E-state index contributed by atoms with van der Waals surface area (Å²) in [4.78, 5) is 28.6. The number of rotatable bonds is 5. The summed E-state index contributed by atoms with van der Waals surface area (Å²) in [6, 6.07) is 18.9. The monoisotopic (exact) mass is 426 g/mol. The fraction of sp³-hybridized carbons (Fsp3) is 0.185. The first-order valence-electron chi connectivity index (χ1n) is 10.5. The molecule has 5 heteroatoms. The molecule has 0 spiro atoms. The summed E-state index contributed by atoms with van der Waals surface area (Å²) in [7, 11) is 1.56. The summed E-state index contributed by atoms with van der Waals surface area (Å²) in [6.45, 7) is 7.88. The second kappa shape index (κ2) is 8.35. The molecule has 1 aliphatic rings. The topological polar surface area (TPSA) is 58.6 Å². The fourth-order valence-corrected chi connectivity index (χ4v) is 4.21. The van der Waals surface area contributed by atoms with Crippen LogP contribution in [0.15, 0.2) is 66.4 Å². The standard InChI is InChI=1S/C27H26N2O3/c1-16-10-11-22(19(4)13-16)29-26(30)24(21-8-6-7-9-23(21)32-5)25(27(29)31)28-20-14-17(2)12-18(3)15-20/h6-15,28H,1-5H3. The molecule has 1 heterocycles. The molecular formula is C27H26N2O3. The first-order valence-corrected chi connectivity index (χ1v) is 10.5. The minimum Gasteiger partial charge on any atom is -0.496 e. The molecule has 0 saturated carbocycles. The zero-order chi connectivity index (χ0) is 23.0. The lowest BCUT2D eigenvalue weighted by Gasteiger charge is -2.18. The maximum atomic E-state index is 13.7. The minimum absolute atomic E-state index is 0.240. The van der Waals surface area contributed by atoms with Gasteiger partial charge in [0.2, 0.25) is 0 Å². The highest BCUT2D eigenvalue weighted by Crippen LogP contribution is 2.38. The summed E-state index contributed by atoms with van der Waals surface area (Å²) in [5.74, 6) is -0.230. The number of carbonyl (C=O) groups is 2. The Hall–Kier alpha value is -3.86. The molecular weight excluding hydrogens is 400 g/mol. The number of aryl methyl sites for hydroxylation is 4. The van der Waals surface area contributed by atoms with Crippen LogP contribution in [-0.4, -0.2) is 18.9 Å². The van der Waals surface area contributed by atoms with Crippen LogP contribution >= 0.6 is 0 Å². The number of benzene rings is 3. The van der Waals surface area contributed by atoms with E-state index in [9.17, 15) is 9.59 Å². The number of imide groups is 1. The number of hydrogen-bond donors (Lipinski definition) is 1. The predicted molar refractivity (Wildman–Crippen MR) is 128 cm³/mol. The lowest BCUT2D eigenvalue weighted by atomic mass is 10.0. The van der Waals surface area contributed by atoms with Crippen molar-refractivity contribution in [2.24, 2.45) is 0 Å². The van der Waals surface area contributed by atoms with Gasteiger partial charge in [-0.3, -0.25) is 9.59 Å². The molecule has 1 N–H and O–H groups in total. The summed E-state index contributed by atoms with van der Waals surface area (Å²) in [5.41, 5.74) is 6.51. The van der Waals surface area contributed by atoms with E-state index in [0.717, 1.165) is 27.9 Å². The lowest BCUT2D eigenvalue weighted by Crippen LogP contribution is -2.33. The van der Waals surface area contributed by atoms with E-state index in [1.54, 1.807) is 19.2 Å². The summed E-state index contributed by atoms with van der Waals surface area (Å²) in [6.07, 6.45) is 0.